The van der Waals surface area contributed by atoms with E-state index in [2.05, 4.69) is 22.3 Å². The largest absolute Gasteiger partial charge is 0.573 e. The molecule has 148 valence electrons. The number of nitrogens with two attached hydrogens (primary N) is 1. The van der Waals surface area contributed by atoms with Gasteiger partial charge in [0.15, 0.2) is 0 Å². The maximum Gasteiger partial charge on any atom is 0.573 e. The smallest absolute Gasteiger partial charge is 0.406 e. The van der Waals surface area contributed by atoms with Gasteiger partial charge in [0.1, 0.15) is 5.75 Å². The Bertz CT molecular complexity index is 516. The molecule has 0 aromatic heterocycles. The lowest BCUT2D eigenvalue weighted by atomic mass is 9.85. The Balaban J connectivity index is 1.64. The van der Waals surface area contributed by atoms with Crippen molar-refractivity contribution < 1.29 is 17.9 Å². The fourth-order valence-electron chi connectivity index (χ4n) is 3.40. The summed E-state index contributed by atoms with van der Waals surface area (Å²) in [7, 11) is 0. The molecule has 2 atom stereocenters. The second-order valence-electron chi connectivity index (χ2n) is 7.26. The van der Waals surface area contributed by atoms with Crippen LogP contribution < -0.4 is 21.1 Å². The third-order valence-electron chi connectivity index (χ3n) is 4.79. The number of rotatable bonds is 9. The minimum atomic E-state index is -4.66. The van der Waals surface area contributed by atoms with Gasteiger partial charge in [-0.3, -0.25) is 0 Å². The van der Waals surface area contributed by atoms with Gasteiger partial charge in [0.2, 0.25) is 0 Å². The van der Waals surface area contributed by atoms with Gasteiger partial charge in [-0.15, -0.1) is 13.2 Å². The van der Waals surface area contributed by atoms with Gasteiger partial charge >= 0.3 is 6.36 Å². The van der Waals surface area contributed by atoms with Gasteiger partial charge in [-0.05, 0) is 43.5 Å². The van der Waals surface area contributed by atoms with E-state index in [0.717, 1.165) is 24.6 Å². The molecule has 0 heterocycles. The van der Waals surface area contributed by atoms with Crippen LogP contribution in [0.5, 0.6) is 5.75 Å². The summed E-state index contributed by atoms with van der Waals surface area (Å²) in [6, 6.07) is 6.12. The van der Waals surface area contributed by atoms with Crippen LogP contribution in [0.4, 0.5) is 18.9 Å². The monoisotopic (exact) mass is 373 g/mol. The Hall–Kier alpha value is -1.47. The minimum absolute atomic E-state index is 0.166. The highest BCUT2D eigenvalue weighted by molar-refractivity contribution is 5.46. The number of nitrogens with one attached hydrogen (secondary N) is 2. The van der Waals surface area contributed by atoms with Crippen LogP contribution in [0.3, 0.4) is 0 Å². The van der Waals surface area contributed by atoms with Gasteiger partial charge in [0.25, 0.3) is 0 Å². The fourth-order valence-corrected chi connectivity index (χ4v) is 3.40. The first-order valence-electron chi connectivity index (χ1n) is 9.40. The van der Waals surface area contributed by atoms with Crippen LogP contribution in [0.15, 0.2) is 24.3 Å². The molecule has 1 aliphatic carbocycles. The van der Waals surface area contributed by atoms with Crippen molar-refractivity contribution in [1.29, 1.82) is 0 Å². The Morgan fingerprint density at radius 2 is 1.77 bits per heavy atom. The van der Waals surface area contributed by atoms with E-state index in [-0.39, 0.29) is 17.8 Å². The van der Waals surface area contributed by atoms with Crippen molar-refractivity contribution in [3.63, 3.8) is 0 Å². The summed E-state index contributed by atoms with van der Waals surface area (Å²) in [5.74, 6) is 0.550. The number of hydrogen-bond acceptors (Lipinski definition) is 4. The highest BCUT2D eigenvalue weighted by Gasteiger charge is 2.30. The number of halogens is 3. The summed E-state index contributed by atoms with van der Waals surface area (Å²) in [5.41, 5.74) is 6.99. The van der Waals surface area contributed by atoms with Crippen molar-refractivity contribution >= 4 is 5.69 Å². The van der Waals surface area contributed by atoms with Gasteiger partial charge in [-0.1, -0.05) is 32.1 Å². The predicted molar refractivity (Wildman–Crippen MR) is 98.2 cm³/mol. The van der Waals surface area contributed by atoms with Crippen LogP contribution in [0.25, 0.3) is 0 Å². The maximum atomic E-state index is 12.1. The van der Waals surface area contributed by atoms with Crippen LogP contribution in [0.1, 0.15) is 45.4 Å². The van der Waals surface area contributed by atoms with Gasteiger partial charge in [0, 0.05) is 30.9 Å². The molecule has 1 aromatic carbocycles. The molecule has 4 N–H and O–H groups in total. The first kappa shape index (κ1) is 20.8. The zero-order chi connectivity index (χ0) is 19.0. The molecule has 0 spiro atoms. The second kappa shape index (κ2) is 10.0. The molecular formula is C19H30F3N3O. The van der Waals surface area contributed by atoms with Gasteiger partial charge in [-0.2, -0.15) is 0 Å². The van der Waals surface area contributed by atoms with Crippen molar-refractivity contribution in [1.82, 2.24) is 5.32 Å². The molecule has 7 heteroatoms. The first-order chi connectivity index (χ1) is 12.3. The van der Waals surface area contributed by atoms with Crippen LogP contribution >= 0.6 is 0 Å². The van der Waals surface area contributed by atoms with E-state index in [9.17, 15) is 13.2 Å². The minimum Gasteiger partial charge on any atom is -0.406 e. The molecule has 0 aliphatic heterocycles. The number of benzene rings is 1. The molecule has 0 radical (unpaired) electrons. The SMILES string of the molecule is C[C@@H](CNc1ccc(OC(F)(F)F)cc1)NC[C@@H](N)CC1CCCCC1. The molecule has 0 amide bonds. The Labute approximate surface area is 153 Å². The number of ether oxygens (including phenoxy) is 1. The first-order valence-corrected chi connectivity index (χ1v) is 9.40. The van der Waals surface area contributed by atoms with Gasteiger partial charge in [0.05, 0.1) is 0 Å². The Kier molecular flexibility index (Phi) is 8.03. The Morgan fingerprint density at radius 1 is 1.12 bits per heavy atom. The molecule has 1 fully saturated rings. The molecule has 1 aromatic rings. The molecular weight excluding hydrogens is 343 g/mol. The number of alkyl halides is 3. The van der Waals surface area contributed by atoms with Crippen molar-refractivity contribution in [2.45, 2.75) is 63.9 Å². The normalized spacial score (nSPS) is 18.3. The average molecular weight is 373 g/mol. The van der Waals surface area contributed by atoms with E-state index < -0.39 is 6.36 Å². The van der Waals surface area contributed by atoms with E-state index in [4.69, 9.17) is 5.73 Å². The van der Waals surface area contributed by atoms with E-state index in [1.807, 2.05) is 0 Å². The third kappa shape index (κ3) is 8.27. The zero-order valence-electron chi connectivity index (χ0n) is 15.3. The molecule has 0 saturated heterocycles. The predicted octanol–water partition coefficient (Wildman–Crippen LogP) is 4.27. The summed E-state index contributed by atoms with van der Waals surface area (Å²) in [5, 5.41) is 6.62. The molecule has 0 bridgehead atoms. The molecule has 26 heavy (non-hydrogen) atoms. The van der Waals surface area contributed by atoms with Gasteiger partial charge in [-0.25, -0.2) is 0 Å². The summed E-state index contributed by atoms with van der Waals surface area (Å²) < 4.78 is 40.3. The molecule has 1 saturated carbocycles. The van der Waals surface area contributed by atoms with Crippen LogP contribution in [0.2, 0.25) is 0 Å². The fraction of sp³-hybridized carbons (Fsp3) is 0.684. The zero-order valence-corrected chi connectivity index (χ0v) is 15.3. The van der Waals surface area contributed by atoms with Crippen molar-refractivity contribution in [3.8, 4) is 5.75 Å². The number of hydrogen-bond donors (Lipinski definition) is 3. The second-order valence-corrected chi connectivity index (χ2v) is 7.26. The summed E-state index contributed by atoms with van der Waals surface area (Å²) >= 11 is 0. The highest BCUT2D eigenvalue weighted by Crippen LogP contribution is 2.27. The van der Waals surface area contributed by atoms with E-state index in [1.54, 1.807) is 12.1 Å². The Morgan fingerprint density at radius 3 is 2.38 bits per heavy atom. The molecule has 1 aliphatic rings. The highest BCUT2D eigenvalue weighted by atomic mass is 19.4. The maximum absolute atomic E-state index is 12.1. The summed E-state index contributed by atoms with van der Waals surface area (Å²) in [6.07, 6.45) is 3.04. The van der Waals surface area contributed by atoms with E-state index in [0.29, 0.717) is 6.54 Å². The lowest BCUT2D eigenvalue weighted by Crippen LogP contribution is -2.42. The molecule has 4 nitrogen and oxygen atoms in total. The van der Waals surface area contributed by atoms with Crippen molar-refractivity contribution in [2.75, 3.05) is 18.4 Å². The topological polar surface area (TPSA) is 59.3 Å². The summed E-state index contributed by atoms with van der Waals surface area (Å²) in [4.78, 5) is 0. The molecule has 2 rings (SSSR count). The standard InChI is InChI=1S/C19H30F3N3O/c1-14(24-13-16(23)11-15-5-3-2-4-6-15)12-25-17-7-9-18(10-8-17)26-19(20,21)22/h7-10,14-16,24-25H,2-6,11-13,23H2,1H3/t14-,16-/m0/s1. The van der Waals surface area contributed by atoms with E-state index in [1.165, 1.54) is 44.2 Å². The lowest BCUT2D eigenvalue weighted by Gasteiger charge is -2.25. The van der Waals surface area contributed by atoms with E-state index >= 15 is 0 Å². The molecule has 0 unspecified atom stereocenters. The van der Waals surface area contributed by atoms with Crippen LogP contribution in [0, 0.1) is 5.92 Å². The third-order valence-corrected chi connectivity index (χ3v) is 4.79. The van der Waals surface area contributed by atoms with Gasteiger partial charge < -0.3 is 21.1 Å². The van der Waals surface area contributed by atoms with Crippen LogP contribution in [-0.4, -0.2) is 31.5 Å². The van der Waals surface area contributed by atoms with Crippen LogP contribution in [-0.2, 0) is 0 Å². The van der Waals surface area contributed by atoms with Crippen molar-refractivity contribution in [2.24, 2.45) is 11.7 Å². The summed E-state index contributed by atoms with van der Waals surface area (Å²) in [6.45, 7) is 3.49. The van der Waals surface area contributed by atoms with Crippen molar-refractivity contribution in [3.05, 3.63) is 24.3 Å². The quantitative estimate of drug-likeness (QED) is 0.605. The average Bonchev–Trinajstić information content (AvgIpc) is 2.59. The lowest BCUT2D eigenvalue weighted by molar-refractivity contribution is -0.274. The number of anilines is 1.